The van der Waals surface area contributed by atoms with E-state index < -0.39 is 0 Å². The summed E-state index contributed by atoms with van der Waals surface area (Å²) in [6, 6.07) is 0. The highest BCUT2D eigenvalue weighted by Crippen LogP contribution is 2.19. The van der Waals surface area contributed by atoms with E-state index in [9.17, 15) is 4.79 Å². The van der Waals surface area contributed by atoms with E-state index in [1.165, 1.54) is 11.8 Å². The number of ether oxygens (including phenoxy) is 1. The molecule has 1 heterocycles. The summed E-state index contributed by atoms with van der Waals surface area (Å²) >= 11 is 1.49. The van der Waals surface area contributed by atoms with Crippen LogP contribution in [0.2, 0.25) is 0 Å². The van der Waals surface area contributed by atoms with Gasteiger partial charge in [0.1, 0.15) is 11.9 Å². The standard InChI is InChI=1S/C11H18N2O3S/c1-5-15-8(3)11-12-10(16-13-11)6-17-9(4)7(2)14/h8-9H,5-6H2,1-4H3/t8-,9-/m0/s1. The van der Waals surface area contributed by atoms with Crippen LogP contribution in [0, 0.1) is 0 Å². The second kappa shape index (κ2) is 6.76. The molecule has 0 aliphatic carbocycles. The molecular formula is C11H18N2O3S. The second-order valence-corrected chi connectivity index (χ2v) is 5.04. The van der Waals surface area contributed by atoms with Crippen molar-refractivity contribution >= 4 is 17.5 Å². The smallest absolute Gasteiger partial charge is 0.236 e. The maximum absolute atomic E-state index is 11.1. The van der Waals surface area contributed by atoms with Gasteiger partial charge < -0.3 is 9.26 Å². The van der Waals surface area contributed by atoms with Crippen LogP contribution < -0.4 is 0 Å². The Bertz CT molecular complexity index is 367. The van der Waals surface area contributed by atoms with E-state index >= 15 is 0 Å². The van der Waals surface area contributed by atoms with Crippen molar-refractivity contribution in [3.63, 3.8) is 0 Å². The Morgan fingerprint density at radius 1 is 1.53 bits per heavy atom. The third kappa shape index (κ3) is 4.47. The van der Waals surface area contributed by atoms with Crippen LogP contribution in [0.1, 0.15) is 45.5 Å². The van der Waals surface area contributed by atoms with Gasteiger partial charge in [-0.15, -0.1) is 11.8 Å². The average molecular weight is 258 g/mol. The number of thioether (sulfide) groups is 1. The highest BCUT2D eigenvalue weighted by atomic mass is 32.2. The summed E-state index contributed by atoms with van der Waals surface area (Å²) in [6.45, 7) is 7.85. The lowest BCUT2D eigenvalue weighted by Gasteiger charge is -2.05. The number of aromatic nitrogens is 2. The first-order valence-corrected chi connectivity index (χ1v) is 6.65. The molecule has 17 heavy (non-hydrogen) atoms. The number of carbonyl (C=O) groups excluding carboxylic acids is 1. The van der Waals surface area contributed by atoms with Crippen LogP contribution in [0.5, 0.6) is 0 Å². The van der Waals surface area contributed by atoms with E-state index in [0.29, 0.717) is 24.1 Å². The number of rotatable bonds is 7. The Morgan fingerprint density at radius 2 is 2.24 bits per heavy atom. The lowest BCUT2D eigenvalue weighted by atomic mass is 10.3. The summed E-state index contributed by atoms with van der Waals surface area (Å²) in [7, 11) is 0. The van der Waals surface area contributed by atoms with Crippen molar-refractivity contribution in [3.8, 4) is 0 Å². The normalized spacial score (nSPS) is 14.6. The van der Waals surface area contributed by atoms with Crippen molar-refractivity contribution in [1.82, 2.24) is 10.1 Å². The topological polar surface area (TPSA) is 65.2 Å². The Kier molecular flexibility index (Phi) is 5.64. The zero-order valence-corrected chi connectivity index (χ0v) is 11.4. The molecule has 96 valence electrons. The number of hydrogen-bond donors (Lipinski definition) is 0. The zero-order valence-electron chi connectivity index (χ0n) is 10.6. The van der Waals surface area contributed by atoms with Crippen LogP contribution in [-0.2, 0) is 15.3 Å². The van der Waals surface area contributed by atoms with Crippen molar-refractivity contribution in [2.24, 2.45) is 0 Å². The lowest BCUT2D eigenvalue weighted by molar-refractivity contribution is -0.116. The summed E-state index contributed by atoms with van der Waals surface area (Å²) in [5, 5.41) is 3.80. The van der Waals surface area contributed by atoms with Crippen LogP contribution in [0.4, 0.5) is 0 Å². The monoisotopic (exact) mass is 258 g/mol. The quantitative estimate of drug-likeness (QED) is 0.748. The molecule has 1 rings (SSSR count). The molecular weight excluding hydrogens is 240 g/mol. The van der Waals surface area contributed by atoms with Crippen LogP contribution >= 0.6 is 11.8 Å². The van der Waals surface area contributed by atoms with E-state index in [4.69, 9.17) is 9.26 Å². The summed E-state index contributed by atoms with van der Waals surface area (Å²) < 4.78 is 10.4. The fourth-order valence-electron chi connectivity index (χ4n) is 1.13. The summed E-state index contributed by atoms with van der Waals surface area (Å²) in [5.41, 5.74) is 0. The lowest BCUT2D eigenvalue weighted by Crippen LogP contribution is -2.08. The van der Waals surface area contributed by atoms with Gasteiger partial charge in [0.2, 0.25) is 5.89 Å². The molecule has 1 aromatic rings. The highest BCUT2D eigenvalue weighted by molar-refractivity contribution is 7.99. The number of ketones is 1. The van der Waals surface area contributed by atoms with Gasteiger partial charge in [0.15, 0.2) is 5.82 Å². The van der Waals surface area contributed by atoms with E-state index in [0.717, 1.165) is 0 Å². The van der Waals surface area contributed by atoms with E-state index in [-0.39, 0.29) is 17.1 Å². The van der Waals surface area contributed by atoms with Crippen LogP contribution in [0.25, 0.3) is 0 Å². The van der Waals surface area contributed by atoms with Gasteiger partial charge in [-0.1, -0.05) is 5.16 Å². The van der Waals surface area contributed by atoms with Crippen LogP contribution in [-0.4, -0.2) is 27.8 Å². The molecule has 6 heteroatoms. The predicted octanol–water partition coefficient (Wildman–Crippen LogP) is 2.38. The van der Waals surface area contributed by atoms with Crippen LogP contribution in [0.3, 0.4) is 0 Å². The van der Waals surface area contributed by atoms with Crippen molar-refractivity contribution in [1.29, 1.82) is 0 Å². The molecule has 0 aliphatic rings. The molecule has 0 bridgehead atoms. The first-order chi connectivity index (χ1) is 8.04. The number of Topliss-reactive ketones (excluding diaryl/α,β-unsaturated/α-hetero) is 1. The van der Waals surface area contributed by atoms with Gasteiger partial charge >= 0.3 is 0 Å². The van der Waals surface area contributed by atoms with E-state index in [2.05, 4.69) is 10.1 Å². The third-order valence-electron chi connectivity index (χ3n) is 2.29. The van der Waals surface area contributed by atoms with Gasteiger partial charge in [-0.05, 0) is 27.7 Å². The molecule has 1 aromatic heterocycles. The van der Waals surface area contributed by atoms with Gasteiger partial charge in [-0.3, -0.25) is 4.79 Å². The summed E-state index contributed by atoms with van der Waals surface area (Å²) in [6.07, 6.45) is -0.160. The average Bonchev–Trinajstić information content (AvgIpc) is 2.74. The number of carbonyl (C=O) groups is 1. The predicted molar refractivity (Wildman–Crippen MR) is 65.8 cm³/mol. The fourth-order valence-corrected chi connectivity index (χ4v) is 1.87. The summed E-state index contributed by atoms with van der Waals surface area (Å²) in [4.78, 5) is 15.3. The third-order valence-corrected chi connectivity index (χ3v) is 3.54. The van der Waals surface area contributed by atoms with E-state index in [1.54, 1.807) is 6.92 Å². The number of nitrogens with zero attached hydrogens (tertiary/aromatic N) is 2. The Balaban J connectivity index is 2.48. The Labute approximate surface area is 105 Å². The maximum atomic E-state index is 11.1. The van der Waals surface area contributed by atoms with Gasteiger partial charge in [-0.2, -0.15) is 4.98 Å². The van der Waals surface area contributed by atoms with Crippen molar-refractivity contribution in [3.05, 3.63) is 11.7 Å². The molecule has 5 nitrogen and oxygen atoms in total. The minimum absolute atomic E-state index is 0.0466. The molecule has 0 amide bonds. The fraction of sp³-hybridized carbons (Fsp3) is 0.727. The van der Waals surface area contributed by atoms with Crippen molar-refractivity contribution in [2.45, 2.75) is 44.8 Å². The minimum Gasteiger partial charge on any atom is -0.371 e. The Hall–Kier alpha value is -0.880. The van der Waals surface area contributed by atoms with Gasteiger partial charge in [0.05, 0.1) is 11.0 Å². The first-order valence-electron chi connectivity index (χ1n) is 5.60. The molecule has 0 spiro atoms. The molecule has 0 aromatic carbocycles. The Morgan fingerprint density at radius 3 is 2.82 bits per heavy atom. The molecule has 0 unspecified atom stereocenters. The minimum atomic E-state index is -0.160. The molecule has 0 saturated carbocycles. The first kappa shape index (κ1) is 14.2. The van der Waals surface area contributed by atoms with Crippen LogP contribution in [0.15, 0.2) is 4.52 Å². The zero-order chi connectivity index (χ0) is 12.8. The molecule has 0 saturated heterocycles. The van der Waals surface area contributed by atoms with Gasteiger partial charge in [0.25, 0.3) is 0 Å². The van der Waals surface area contributed by atoms with Crippen molar-refractivity contribution in [2.75, 3.05) is 6.61 Å². The molecule has 0 aliphatic heterocycles. The van der Waals surface area contributed by atoms with Crippen molar-refractivity contribution < 1.29 is 14.1 Å². The highest BCUT2D eigenvalue weighted by Gasteiger charge is 2.15. The maximum Gasteiger partial charge on any atom is 0.236 e. The largest absolute Gasteiger partial charge is 0.371 e. The van der Waals surface area contributed by atoms with E-state index in [1.807, 2.05) is 20.8 Å². The molecule has 2 atom stereocenters. The van der Waals surface area contributed by atoms with Gasteiger partial charge in [0, 0.05) is 6.61 Å². The molecule has 0 radical (unpaired) electrons. The van der Waals surface area contributed by atoms with Gasteiger partial charge in [-0.25, -0.2) is 0 Å². The SMILES string of the molecule is CCO[C@@H](C)c1noc(CS[C@@H](C)C(C)=O)n1. The second-order valence-electron chi connectivity index (χ2n) is 3.71. The number of hydrogen-bond acceptors (Lipinski definition) is 6. The summed E-state index contributed by atoms with van der Waals surface area (Å²) in [5.74, 6) is 1.78. The molecule has 0 fully saturated rings. The molecule has 0 N–H and O–H groups in total.